The number of non-ortho nitro benzene ring substituents is 1. The number of amides is 1. The fraction of sp³-hybridized carbons (Fsp3) is 0.357. The predicted molar refractivity (Wildman–Crippen MR) is 80.7 cm³/mol. The molecule has 1 aliphatic rings. The molecular formula is C14H16N2O3S. The third kappa shape index (κ3) is 4.09. The van der Waals surface area contributed by atoms with E-state index in [1.54, 1.807) is 18.2 Å². The third-order valence-corrected chi connectivity index (χ3v) is 4.10. The van der Waals surface area contributed by atoms with E-state index < -0.39 is 4.92 Å². The number of hydrogen-bond donors (Lipinski definition) is 0. The Bertz CT molecular complexity index is 506. The first-order chi connectivity index (χ1) is 9.66. The molecule has 2 rings (SSSR count). The highest BCUT2D eigenvalue weighted by atomic mass is 32.2. The molecule has 5 nitrogen and oxygen atoms in total. The zero-order chi connectivity index (χ0) is 14.4. The number of nitro groups is 1. The molecule has 20 heavy (non-hydrogen) atoms. The van der Waals surface area contributed by atoms with Gasteiger partial charge in [-0.05, 0) is 35.9 Å². The number of rotatable bonds is 3. The average Bonchev–Trinajstić information content (AvgIpc) is 2.74. The Hall–Kier alpha value is -1.82. The van der Waals surface area contributed by atoms with E-state index in [1.807, 2.05) is 16.7 Å². The molecule has 1 aromatic rings. The minimum atomic E-state index is -0.437. The minimum absolute atomic E-state index is 0.00542. The molecule has 0 radical (unpaired) electrons. The summed E-state index contributed by atoms with van der Waals surface area (Å²) < 4.78 is 0. The second kappa shape index (κ2) is 7.09. The van der Waals surface area contributed by atoms with Crippen molar-refractivity contribution in [3.8, 4) is 0 Å². The molecule has 1 heterocycles. The Labute approximate surface area is 121 Å². The molecule has 0 saturated carbocycles. The predicted octanol–water partition coefficient (Wildman–Crippen LogP) is 2.57. The number of thioether (sulfide) groups is 1. The lowest BCUT2D eigenvalue weighted by atomic mass is 10.2. The number of carbonyl (C=O) groups is 1. The summed E-state index contributed by atoms with van der Waals surface area (Å²) in [5, 5.41) is 10.5. The van der Waals surface area contributed by atoms with Gasteiger partial charge in [0.25, 0.3) is 5.69 Å². The van der Waals surface area contributed by atoms with Gasteiger partial charge in [-0.1, -0.05) is 0 Å². The lowest BCUT2D eigenvalue weighted by Crippen LogP contribution is -2.31. The van der Waals surface area contributed by atoms with Crippen LogP contribution in [0.25, 0.3) is 6.08 Å². The average molecular weight is 292 g/mol. The van der Waals surface area contributed by atoms with Crippen LogP contribution in [0.4, 0.5) is 5.69 Å². The van der Waals surface area contributed by atoms with E-state index in [4.69, 9.17) is 0 Å². The van der Waals surface area contributed by atoms with Crippen molar-refractivity contribution < 1.29 is 9.72 Å². The van der Waals surface area contributed by atoms with Crippen molar-refractivity contribution in [3.63, 3.8) is 0 Å². The first-order valence-electron chi connectivity index (χ1n) is 6.46. The van der Waals surface area contributed by atoms with Crippen LogP contribution in [0, 0.1) is 10.1 Å². The van der Waals surface area contributed by atoms with Crippen molar-refractivity contribution in [1.29, 1.82) is 0 Å². The molecule has 106 valence electrons. The van der Waals surface area contributed by atoms with Gasteiger partial charge in [-0.25, -0.2) is 0 Å². The summed E-state index contributed by atoms with van der Waals surface area (Å²) in [4.78, 5) is 24.0. The van der Waals surface area contributed by atoms with Gasteiger partial charge in [0.15, 0.2) is 0 Å². The molecule has 0 atom stereocenters. The van der Waals surface area contributed by atoms with Crippen molar-refractivity contribution in [2.45, 2.75) is 6.42 Å². The highest BCUT2D eigenvalue weighted by molar-refractivity contribution is 7.99. The van der Waals surface area contributed by atoms with Crippen LogP contribution in [-0.2, 0) is 4.79 Å². The van der Waals surface area contributed by atoms with Crippen molar-refractivity contribution >= 4 is 29.4 Å². The lowest BCUT2D eigenvalue weighted by Gasteiger charge is -2.17. The summed E-state index contributed by atoms with van der Waals surface area (Å²) in [6.45, 7) is 1.59. The van der Waals surface area contributed by atoms with E-state index in [-0.39, 0.29) is 11.6 Å². The molecule has 0 aromatic heterocycles. The number of carbonyl (C=O) groups excluding carboxylic acids is 1. The van der Waals surface area contributed by atoms with E-state index in [0.29, 0.717) is 0 Å². The molecule has 1 aromatic carbocycles. The first kappa shape index (κ1) is 14.6. The zero-order valence-electron chi connectivity index (χ0n) is 11.0. The summed E-state index contributed by atoms with van der Waals surface area (Å²) in [7, 11) is 0. The van der Waals surface area contributed by atoms with E-state index in [0.717, 1.165) is 36.6 Å². The molecule has 1 saturated heterocycles. The SMILES string of the molecule is O=C(C=Cc1ccc([N+](=O)[O-])cc1)N1CCCSCC1. The van der Waals surface area contributed by atoms with E-state index in [9.17, 15) is 14.9 Å². The van der Waals surface area contributed by atoms with Crippen molar-refractivity contribution in [1.82, 2.24) is 4.90 Å². The van der Waals surface area contributed by atoms with Gasteiger partial charge in [-0.2, -0.15) is 11.8 Å². The standard InChI is InChI=1S/C14H16N2O3S/c17-14(15-8-1-10-20-11-9-15)7-4-12-2-5-13(6-3-12)16(18)19/h2-7H,1,8-11H2. The van der Waals surface area contributed by atoms with Crippen LogP contribution in [0.15, 0.2) is 30.3 Å². The molecule has 0 spiro atoms. The molecule has 1 amide bonds. The smallest absolute Gasteiger partial charge is 0.269 e. The quantitative estimate of drug-likeness (QED) is 0.488. The molecular weight excluding hydrogens is 276 g/mol. The summed E-state index contributed by atoms with van der Waals surface area (Å²) >= 11 is 1.87. The lowest BCUT2D eigenvalue weighted by molar-refractivity contribution is -0.384. The van der Waals surface area contributed by atoms with Crippen molar-refractivity contribution in [3.05, 3.63) is 46.0 Å². The van der Waals surface area contributed by atoms with E-state index >= 15 is 0 Å². The summed E-state index contributed by atoms with van der Waals surface area (Å²) in [5.41, 5.74) is 0.839. The largest absolute Gasteiger partial charge is 0.338 e. The highest BCUT2D eigenvalue weighted by Gasteiger charge is 2.12. The maximum absolute atomic E-state index is 12.0. The van der Waals surface area contributed by atoms with Gasteiger partial charge in [0, 0.05) is 37.1 Å². The second-order valence-corrected chi connectivity index (χ2v) is 5.70. The van der Waals surface area contributed by atoms with Gasteiger partial charge in [0.1, 0.15) is 0 Å². The molecule has 0 N–H and O–H groups in total. The Kier molecular flexibility index (Phi) is 5.17. The Morgan fingerprint density at radius 3 is 2.70 bits per heavy atom. The number of nitro benzene ring substituents is 1. The molecule has 0 unspecified atom stereocenters. The summed E-state index contributed by atoms with van der Waals surface area (Å²) in [6, 6.07) is 6.15. The van der Waals surface area contributed by atoms with Crippen LogP contribution >= 0.6 is 11.8 Å². The van der Waals surface area contributed by atoms with Gasteiger partial charge in [-0.15, -0.1) is 0 Å². The van der Waals surface area contributed by atoms with E-state index in [1.165, 1.54) is 18.2 Å². The second-order valence-electron chi connectivity index (χ2n) is 4.47. The van der Waals surface area contributed by atoms with Gasteiger partial charge in [0.2, 0.25) is 5.91 Å². The normalized spacial score (nSPS) is 16.1. The minimum Gasteiger partial charge on any atom is -0.338 e. The molecule has 6 heteroatoms. The Balaban J connectivity index is 1.97. The maximum Gasteiger partial charge on any atom is 0.269 e. The zero-order valence-corrected chi connectivity index (χ0v) is 11.8. The highest BCUT2D eigenvalue weighted by Crippen LogP contribution is 2.14. The van der Waals surface area contributed by atoms with Gasteiger partial charge in [-0.3, -0.25) is 14.9 Å². The first-order valence-corrected chi connectivity index (χ1v) is 7.61. The maximum atomic E-state index is 12.0. The topological polar surface area (TPSA) is 63.4 Å². The molecule has 0 aliphatic carbocycles. The van der Waals surface area contributed by atoms with Gasteiger partial charge in [0.05, 0.1) is 4.92 Å². The third-order valence-electron chi connectivity index (χ3n) is 3.06. The van der Waals surface area contributed by atoms with Crippen LogP contribution < -0.4 is 0 Å². The molecule has 0 bridgehead atoms. The monoisotopic (exact) mass is 292 g/mol. The summed E-state index contributed by atoms with van der Waals surface area (Å²) in [6.07, 6.45) is 4.27. The van der Waals surface area contributed by atoms with Gasteiger partial charge < -0.3 is 4.90 Å². The van der Waals surface area contributed by atoms with Crippen LogP contribution in [-0.4, -0.2) is 40.3 Å². The van der Waals surface area contributed by atoms with Crippen molar-refractivity contribution in [2.24, 2.45) is 0 Å². The molecule has 1 aliphatic heterocycles. The Morgan fingerprint density at radius 2 is 2.00 bits per heavy atom. The van der Waals surface area contributed by atoms with Crippen molar-refractivity contribution in [2.75, 3.05) is 24.6 Å². The number of nitrogens with zero attached hydrogens (tertiary/aromatic N) is 2. The van der Waals surface area contributed by atoms with Crippen LogP contribution in [0.3, 0.4) is 0 Å². The van der Waals surface area contributed by atoms with E-state index in [2.05, 4.69) is 0 Å². The van der Waals surface area contributed by atoms with Crippen LogP contribution in [0.1, 0.15) is 12.0 Å². The fourth-order valence-corrected chi connectivity index (χ4v) is 2.83. The number of hydrogen-bond acceptors (Lipinski definition) is 4. The summed E-state index contributed by atoms with van der Waals surface area (Å²) in [5.74, 6) is 2.10. The molecule has 1 fully saturated rings. The van der Waals surface area contributed by atoms with Crippen LogP contribution in [0.2, 0.25) is 0 Å². The van der Waals surface area contributed by atoms with Crippen LogP contribution in [0.5, 0.6) is 0 Å². The fourth-order valence-electron chi connectivity index (χ4n) is 1.95. The van der Waals surface area contributed by atoms with Gasteiger partial charge >= 0.3 is 0 Å². The Morgan fingerprint density at radius 1 is 1.25 bits per heavy atom. The number of benzene rings is 1.